The van der Waals surface area contributed by atoms with Gasteiger partial charge in [-0.15, -0.1) is 5.10 Å². The number of benzene rings is 1. The van der Waals surface area contributed by atoms with Gasteiger partial charge in [-0.1, -0.05) is 11.9 Å². The molecule has 9 heteroatoms. The van der Waals surface area contributed by atoms with Crippen LogP contribution in [0.5, 0.6) is 10.9 Å². The molecule has 1 aromatic heterocycles. The number of nitrogens with zero attached hydrogens (tertiary/aromatic N) is 2. The number of carbonyl (C=O) groups is 1. The molecule has 0 radical (unpaired) electrons. The Morgan fingerprint density at radius 3 is 2.95 bits per heavy atom. The molecule has 22 heavy (non-hydrogen) atoms. The van der Waals surface area contributed by atoms with Gasteiger partial charge in [-0.05, 0) is 47.0 Å². The fourth-order valence-electron chi connectivity index (χ4n) is 2.69. The van der Waals surface area contributed by atoms with Gasteiger partial charge >= 0.3 is 18.1 Å². The Morgan fingerprint density at radius 2 is 2.32 bits per heavy atom. The number of fused-ring (bicyclic) bond motifs is 1. The van der Waals surface area contributed by atoms with Crippen LogP contribution in [0.1, 0.15) is 23.7 Å². The van der Waals surface area contributed by atoms with Gasteiger partial charge < -0.3 is 20.2 Å². The first kappa shape index (κ1) is 14.8. The SMILES string of the molecule is CB1O[C@H](CC(=O)O)c2c(C)cc(Oc3nnc(N)s3)cc21. The van der Waals surface area contributed by atoms with Crippen LogP contribution < -0.4 is 15.9 Å². The smallest absolute Gasteiger partial charge is 0.324 e. The fourth-order valence-corrected chi connectivity index (χ4v) is 3.17. The Morgan fingerprint density at radius 1 is 1.55 bits per heavy atom. The Bertz CT molecular complexity index is 736. The summed E-state index contributed by atoms with van der Waals surface area (Å²) < 4.78 is 11.4. The van der Waals surface area contributed by atoms with E-state index in [9.17, 15) is 4.79 Å². The molecule has 2 aromatic rings. The van der Waals surface area contributed by atoms with Crippen molar-refractivity contribution in [2.45, 2.75) is 26.3 Å². The first-order chi connectivity index (χ1) is 10.4. The zero-order chi connectivity index (χ0) is 15.9. The molecule has 0 saturated carbocycles. The molecule has 3 N–H and O–H groups in total. The monoisotopic (exact) mass is 319 g/mol. The standard InChI is InChI=1S/C13H14BN3O4S/c1-6-3-7(20-13-17-16-12(15)22-13)4-8-11(6)9(5-10(18)19)21-14(8)2/h3-4,9H,5H2,1-2H3,(H2,15,16)(H,18,19)/t9-/m1/s1. The number of anilines is 1. The average Bonchev–Trinajstić information content (AvgIpc) is 2.94. The van der Waals surface area contributed by atoms with Crippen LogP contribution in [0.25, 0.3) is 0 Å². The van der Waals surface area contributed by atoms with Crippen molar-refractivity contribution in [3.05, 3.63) is 23.3 Å². The first-order valence-corrected chi connectivity index (χ1v) is 7.54. The third-order valence-electron chi connectivity index (χ3n) is 3.51. The lowest BCUT2D eigenvalue weighted by Gasteiger charge is -2.13. The molecule has 1 atom stereocenters. The van der Waals surface area contributed by atoms with Crippen molar-refractivity contribution in [1.82, 2.24) is 10.2 Å². The number of ether oxygens (including phenoxy) is 1. The van der Waals surface area contributed by atoms with Gasteiger partial charge in [-0.2, -0.15) is 0 Å². The maximum Gasteiger partial charge on any atom is 0.324 e. The number of hydrogen-bond acceptors (Lipinski definition) is 7. The lowest BCUT2D eigenvalue weighted by atomic mass is 9.63. The Hall–Kier alpha value is -2.13. The van der Waals surface area contributed by atoms with E-state index in [0.29, 0.717) is 16.1 Å². The van der Waals surface area contributed by atoms with Gasteiger partial charge in [-0.3, -0.25) is 4.79 Å². The number of nitrogen functional groups attached to an aromatic ring is 1. The highest BCUT2D eigenvalue weighted by Gasteiger charge is 2.35. The predicted octanol–water partition coefficient (Wildman–Crippen LogP) is 1.60. The molecule has 2 heterocycles. The van der Waals surface area contributed by atoms with E-state index in [0.717, 1.165) is 27.9 Å². The van der Waals surface area contributed by atoms with Gasteiger partial charge in [0.2, 0.25) is 5.13 Å². The van der Waals surface area contributed by atoms with E-state index in [1.807, 2.05) is 25.9 Å². The van der Waals surface area contributed by atoms with Gasteiger partial charge in [0.15, 0.2) is 0 Å². The number of carboxylic acids is 1. The summed E-state index contributed by atoms with van der Waals surface area (Å²) in [6.07, 6.45) is -0.473. The second-order valence-corrected chi connectivity index (χ2v) is 6.09. The second-order valence-electron chi connectivity index (χ2n) is 5.12. The van der Waals surface area contributed by atoms with E-state index in [2.05, 4.69) is 10.2 Å². The summed E-state index contributed by atoms with van der Waals surface area (Å²) in [6.45, 7) is 3.63. The molecular formula is C13H14BN3O4S. The quantitative estimate of drug-likeness (QED) is 0.824. The van der Waals surface area contributed by atoms with Crippen LogP contribution in [0.15, 0.2) is 12.1 Å². The minimum atomic E-state index is -0.880. The number of rotatable bonds is 4. The maximum absolute atomic E-state index is 11.0. The molecule has 114 valence electrons. The minimum absolute atomic E-state index is 0.0503. The molecule has 0 bridgehead atoms. The number of nitrogens with two attached hydrogens (primary N) is 1. The lowest BCUT2D eigenvalue weighted by Crippen LogP contribution is -2.24. The van der Waals surface area contributed by atoms with Crippen molar-refractivity contribution in [2.24, 2.45) is 0 Å². The highest BCUT2D eigenvalue weighted by Crippen LogP contribution is 2.34. The van der Waals surface area contributed by atoms with E-state index in [1.165, 1.54) is 0 Å². The fraction of sp³-hybridized carbons (Fsp3) is 0.308. The van der Waals surface area contributed by atoms with Crippen molar-refractivity contribution in [3.63, 3.8) is 0 Å². The van der Waals surface area contributed by atoms with Crippen LogP contribution in [-0.2, 0) is 9.45 Å². The number of carboxylic acid groups (broad SMARTS) is 1. The third kappa shape index (κ3) is 2.77. The molecule has 7 nitrogen and oxygen atoms in total. The van der Waals surface area contributed by atoms with E-state index < -0.39 is 12.1 Å². The maximum atomic E-state index is 11.0. The number of aryl methyl sites for hydroxylation is 1. The molecule has 0 fully saturated rings. The molecule has 1 aromatic carbocycles. The zero-order valence-electron chi connectivity index (χ0n) is 12.1. The molecular weight excluding hydrogens is 305 g/mol. The third-order valence-corrected chi connectivity index (χ3v) is 4.14. The largest absolute Gasteiger partial charge is 0.481 e. The zero-order valence-corrected chi connectivity index (χ0v) is 12.9. The van der Waals surface area contributed by atoms with E-state index >= 15 is 0 Å². The van der Waals surface area contributed by atoms with Gasteiger partial charge in [0, 0.05) is 0 Å². The van der Waals surface area contributed by atoms with Crippen LogP contribution in [0.2, 0.25) is 6.82 Å². The Balaban J connectivity index is 1.92. The van der Waals surface area contributed by atoms with Crippen molar-refractivity contribution < 1.29 is 19.3 Å². The van der Waals surface area contributed by atoms with Crippen LogP contribution >= 0.6 is 11.3 Å². The summed E-state index contributed by atoms with van der Waals surface area (Å²) in [5, 5.41) is 17.2. The summed E-state index contributed by atoms with van der Waals surface area (Å²) in [4.78, 5) is 11.0. The summed E-state index contributed by atoms with van der Waals surface area (Å²) in [6, 6.07) is 3.69. The topological polar surface area (TPSA) is 108 Å². The number of aromatic nitrogens is 2. The molecule has 0 spiro atoms. The Kier molecular flexibility index (Phi) is 3.75. The second kappa shape index (κ2) is 5.58. The molecule has 3 rings (SSSR count). The van der Waals surface area contributed by atoms with Gasteiger partial charge in [0.25, 0.3) is 0 Å². The van der Waals surface area contributed by atoms with E-state index in [1.54, 1.807) is 0 Å². The molecule has 1 aliphatic rings. The van der Waals surface area contributed by atoms with Gasteiger partial charge in [0.05, 0.1) is 12.5 Å². The summed E-state index contributed by atoms with van der Waals surface area (Å²) >= 11 is 1.16. The minimum Gasteiger partial charge on any atom is -0.481 e. The van der Waals surface area contributed by atoms with Gasteiger partial charge in [0.1, 0.15) is 5.75 Å². The van der Waals surface area contributed by atoms with Crippen molar-refractivity contribution >= 4 is 34.8 Å². The number of hydrogen-bond donors (Lipinski definition) is 2. The predicted molar refractivity (Wildman–Crippen MR) is 82.9 cm³/mol. The van der Waals surface area contributed by atoms with Crippen LogP contribution in [0, 0.1) is 6.92 Å². The van der Waals surface area contributed by atoms with Crippen LogP contribution in [0.4, 0.5) is 5.13 Å². The summed E-state index contributed by atoms with van der Waals surface area (Å²) in [5.74, 6) is -0.270. The van der Waals surface area contributed by atoms with E-state index in [-0.39, 0.29) is 13.3 Å². The van der Waals surface area contributed by atoms with Crippen molar-refractivity contribution in [3.8, 4) is 10.9 Å². The van der Waals surface area contributed by atoms with Gasteiger partial charge in [-0.25, -0.2) is 0 Å². The lowest BCUT2D eigenvalue weighted by molar-refractivity contribution is -0.138. The molecule has 0 aliphatic carbocycles. The van der Waals surface area contributed by atoms with E-state index in [4.69, 9.17) is 20.2 Å². The Labute approximate surface area is 131 Å². The number of aliphatic carboxylic acids is 1. The average molecular weight is 319 g/mol. The molecule has 0 saturated heterocycles. The van der Waals surface area contributed by atoms with Crippen molar-refractivity contribution in [2.75, 3.05) is 5.73 Å². The highest BCUT2D eigenvalue weighted by molar-refractivity contribution is 7.16. The van der Waals surface area contributed by atoms with Crippen LogP contribution in [-0.4, -0.2) is 28.2 Å². The molecule has 1 aliphatic heterocycles. The van der Waals surface area contributed by atoms with Crippen LogP contribution in [0.3, 0.4) is 0 Å². The molecule has 0 amide bonds. The van der Waals surface area contributed by atoms with Crippen molar-refractivity contribution in [1.29, 1.82) is 0 Å². The molecule has 0 unspecified atom stereocenters. The summed E-state index contributed by atoms with van der Waals surface area (Å²) in [5.41, 5.74) is 8.33. The highest BCUT2D eigenvalue weighted by atomic mass is 32.1. The first-order valence-electron chi connectivity index (χ1n) is 6.72. The normalized spacial score (nSPS) is 16.6. The summed E-state index contributed by atoms with van der Waals surface area (Å²) in [7, 11) is 0.